The van der Waals surface area contributed by atoms with Crippen LogP contribution in [0.15, 0.2) is 84.0 Å². The van der Waals surface area contributed by atoms with Crippen molar-refractivity contribution in [1.82, 2.24) is 20.0 Å². The molecule has 186 valence electrons. The van der Waals surface area contributed by atoms with Gasteiger partial charge in [-0.1, -0.05) is 54.6 Å². The summed E-state index contributed by atoms with van der Waals surface area (Å²) in [6.07, 6.45) is 3.28. The molecule has 0 fully saturated rings. The van der Waals surface area contributed by atoms with Crippen LogP contribution in [0.4, 0.5) is 5.82 Å². The topological polar surface area (TPSA) is 107 Å². The second-order valence-corrected chi connectivity index (χ2v) is 8.84. The summed E-state index contributed by atoms with van der Waals surface area (Å²) in [5.41, 5.74) is 11.0. The zero-order valence-electron chi connectivity index (χ0n) is 20.8. The van der Waals surface area contributed by atoms with Gasteiger partial charge in [0, 0.05) is 11.6 Å². The normalized spacial score (nSPS) is 12.3. The first-order valence-electron chi connectivity index (χ1n) is 12.1. The van der Waals surface area contributed by atoms with Crippen molar-refractivity contribution in [1.29, 1.82) is 0 Å². The van der Waals surface area contributed by atoms with Gasteiger partial charge in [0.05, 0.1) is 24.4 Å². The number of hydrogen-bond donors (Lipinski definition) is 2. The minimum absolute atomic E-state index is 0.0731. The summed E-state index contributed by atoms with van der Waals surface area (Å²) in [4.78, 5) is 23.0. The van der Waals surface area contributed by atoms with E-state index in [1.165, 1.54) is 10.2 Å². The second kappa shape index (κ2) is 10.5. The number of nitrogens with one attached hydrogen (secondary N) is 1. The van der Waals surface area contributed by atoms with Crippen molar-refractivity contribution in [3.8, 4) is 5.75 Å². The number of carbonyl (C=O) groups is 1. The number of nitrogen functional groups attached to an aromatic ring is 1. The Hall–Kier alpha value is -4.72. The molecule has 0 radical (unpaired) electrons. The number of hydrogen-bond acceptors (Lipinski definition) is 6. The quantitative estimate of drug-likeness (QED) is 0.302. The number of rotatable bonds is 8. The molecule has 0 bridgehead atoms. The third kappa shape index (κ3) is 4.99. The number of aryl methyl sites for hydroxylation is 1. The number of nitrogens with zero attached hydrogens (tertiary/aromatic N) is 4. The Morgan fingerprint density at radius 2 is 1.70 bits per heavy atom. The molecular weight excluding hydrogens is 464 g/mol. The first-order valence-corrected chi connectivity index (χ1v) is 12.1. The summed E-state index contributed by atoms with van der Waals surface area (Å²) in [5.74, 6) is 0.533. The lowest BCUT2D eigenvalue weighted by Crippen LogP contribution is -2.33. The van der Waals surface area contributed by atoms with E-state index >= 15 is 0 Å². The lowest BCUT2D eigenvalue weighted by atomic mass is 10.1. The van der Waals surface area contributed by atoms with E-state index in [0.717, 1.165) is 18.4 Å². The predicted octanol–water partition coefficient (Wildman–Crippen LogP) is 4.81. The fourth-order valence-electron chi connectivity index (χ4n) is 4.28. The highest BCUT2D eigenvalue weighted by Gasteiger charge is 2.25. The number of aromatic nitrogens is 3. The van der Waals surface area contributed by atoms with Gasteiger partial charge >= 0.3 is 0 Å². The minimum Gasteiger partial charge on any atom is -0.496 e. The summed E-state index contributed by atoms with van der Waals surface area (Å²) < 4.78 is 6.89. The molecule has 2 aromatic heterocycles. The van der Waals surface area contributed by atoms with E-state index in [9.17, 15) is 4.79 Å². The van der Waals surface area contributed by atoms with Crippen molar-refractivity contribution in [2.24, 2.45) is 5.10 Å². The third-order valence-corrected chi connectivity index (χ3v) is 6.24. The van der Waals surface area contributed by atoms with Gasteiger partial charge in [-0.25, -0.2) is 9.97 Å². The lowest BCUT2D eigenvalue weighted by Gasteiger charge is -2.14. The Kier molecular flexibility index (Phi) is 6.81. The molecule has 8 nitrogen and oxygen atoms in total. The fraction of sp³-hybridized carbons (Fsp3) is 0.172. The molecule has 3 aromatic carbocycles. The van der Waals surface area contributed by atoms with Crippen molar-refractivity contribution in [3.05, 3.63) is 95.6 Å². The molecule has 0 aliphatic rings. The standard InChI is InChI=1S/C29H28N6O2/c1-19(16-17-20-10-4-3-5-11-20)32-29(36)25-26-28(34-23-14-8-7-13-22(23)33-26)35(27(25)30)31-18-21-12-6-9-15-24(21)37-2/h3-15,18-19H,16-17,30H2,1-2H3,(H,32,36). The lowest BCUT2D eigenvalue weighted by molar-refractivity contribution is 0.0940. The molecule has 0 saturated heterocycles. The van der Waals surface area contributed by atoms with Crippen molar-refractivity contribution < 1.29 is 9.53 Å². The van der Waals surface area contributed by atoms with Gasteiger partial charge in [0.2, 0.25) is 0 Å². The van der Waals surface area contributed by atoms with Crippen molar-refractivity contribution in [2.45, 2.75) is 25.8 Å². The number of amides is 1. The van der Waals surface area contributed by atoms with Crippen LogP contribution in [-0.4, -0.2) is 39.9 Å². The van der Waals surface area contributed by atoms with Crippen LogP contribution in [0, 0.1) is 0 Å². The summed E-state index contributed by atoms with van der Waals surface area (Å²) in [6, 6.07) is 25.1. The van der Waals surface area contributed by atoms with Gasteiger partial charge < -0.3 is 15.8 Å². The van der Waals surface area contributed by atoms with Crippen LogP contribution in [0.25, 0.3) is 22.2 Å². The highest BCUT2D eigenvalue weighted by atomic mass is 16.5. The zero-order valence-corrected chi connectivity index (χ0v) is 20.8. The van der Waals surface area contributed by atoms with Crippen LogP contribution in [0.5, 0.6) is 5.75 Å². The van der Waals surface area contributed by atoms with Crippen molar-refractivity contribution in [3.63, 3.8) is 0 Å². The fourth-order valence-corrected chi connectivity index (χ4v) is 4.28. The number of benzene rings is 3. The molecule has 1 amide bonds. The van der Waals surface area contributed by atoms with Gasteiger partial charge in [-0.05, 0) is 49.6 Å². The Morgan fingerprint density at radius 1 is 1.03 bits per heavy atom. The van der Waals surface area contributed by atoms with E-state index in [1.54, 1.807) is 13.3 Å². The Bertz CT molecular complexity index is 1590. The zero-order chi connectivity index (χ0) is 25.8. The molecule has 0 spiro atoms. The van der Waals surface area contributed by atoms with E-state index in [-0.39, 0.29) is 23.3 Å². The van der Waals surface area contributed by atoms with Gasteiger partial charge in [0.25, 0.3) is 5.91 Å². The number of carbonyl (C=O) groups excluding carboxylic acids is 1. The molecule has 3 N–H and O–H groups in total. The smallest absolute Gasteiger partial charge is 0.257 e. The maximum absolute atomic E-state index is 13.5. The summed E-state index contributed by atoms with van der Waals surface area (Å²) in [6.45, 7) is 1.98. The SMILES string of the molecule is COc1ccccc1C=Nn1c(N)c(C(=O)NC(C)CCc2ccccc2)c2nc3ccccc3nc21. The monoisotopic (exact) mass is 492 g/mol. The number of methoxy groups -OCH3 is 1. The minimum atomic E-state index is -0.307. The first-order chi connectivity index (χ1) is 18.0. The first kappa shape index (κ1) is 24.0. The van der Waals surface area contributed by atoms with Gasteiger partial charge in [0.1, 0.15) is 22.6 Å². The maximum atomic E-state index is 13.5. The Morgan fingerprint density at radius 3 is 2.46 bits per heavy atom. The van der Waals surface area contributed by atoms with E-state index < -0.39 is 0 Å². The van der Waals surface area contributed by atoms with Gasteiger partial charge in [-0.15, -0.1) is 0 Å². The highest BCUT2D eigenvalue weighted by Crippen LogP contribution is 2.28. The van der Waals surface area contributed by atoms with E-state index in [4.69, 9.17) is 20.4 Å². The predicted molar refractivity (Wildman–Crippen MR) is 147 cm³/mol. The van der Waals surface area contributed by atoms with Crippen LogP contribution in [0.2, 0.25) is 0 Å². The van der Waals surface area contributed by atoms with Gasteiger partial charge in [0.15, 0.2) is 5.65 Å². The third-order valence-electron chi connectivity index (χ3n) is 6.24. The molecule has 0 saturated carbocycles. The summed E-state index contributed by atoms with van der Waals surface area (Å²) >= 11 is 0. The van der Waals surface area contributed by atoms with Crippen molar-refractivity contribution in [2.75, 3.05) is 12.8 Å². The number of fused-ring (bicyclic) bond motifs is 2. The average Bonchev–Trinajstić information content (AvgIpc) is 3.19. The largest absolute Gasteiger partial charge is 0.496 e. The number of anilines is 1. The highest BCUT2D eigenvalue weighted by molar-refractivity contribution is 6.10. The second-order valence-electron chi connectivity index (χ2n) is 8.84. The molecule has 37 heavy (non-hydrogen) atoms. The number of ether oxygens (including phenoxy) is 1. The van der Waals surface area contributed by atoms with Crippen LogP contribution in [-0.2, 0) is 6.42 Å². The molecule has 0 aliphatic heterocycles. The number of para-hydroxylation sites is 3. The van der Waals surface area contributed by atoms with Gasteiger partial charge in [-0.2, -0.15) is 9.78 Å². The molecule has 2 heterocycles. The van der Waals surface area contributed by atoms with Crippen LogP contribution in [0.1, 0.15) is 34.8 Å². The van der Waals surface area contributed by atoms with Gasteiger partial charge in [-0.3, -0.25) is 4.79 Å². The Balaban J connectivity index is 1.51. The van der Waals surface area contributed by atoms with Crippen LogP contribution in [0.3, 0.4) is 0 Å². The van der Waals surface area contributed by atoms with Crippen LogP contribution < -0.4 is 15.8 Å². The molecule has 1 atom stereocenters. The van der Waals surface area contributed by atoms with E-state index in [1.807, 2.05) is 73.7 Å². The van der Waals surface area contributed by atoms with Crippen LogP contribution >= 0.6 is 0 Å². The molecule has 5 rings (SSSR count). The van der Waals surface area contributed by atoms with E-state index in [0.29, 0.717) is 27.9 Å². The molecular formula is C29H28N6O2. The maximum Gasteiger partial charge on any atom is 0.257 e. The molecule has 5 aromatic rings. The summed E-state index contributed by atoms with van der Waals surface area (Å²) in [7, 11) is 1.60. The summed E-state index contributed by atoms with van der Waals surface area (Å²) in [5, 5.41) is 7.66. The Labute approximate surface area is 214 Å². The average molecular weight is 493 g/mol. The molecule has 8 heteroatoms. The van der Waals surface area contributed by atoms with E-state index in [2.05, 4.69) is 22.6 Å². The molecule has 0 aliphatic carbocycles. The van der Waals surface area contributed by atoms with Crippen molar-refractivity contribution >= 4 is 40.1 Å². The molecule has 1 unspecified atom stereocenters. The number of nitrogens with two attached hydrogens (primary N) is 1.